The van der Waals surface area contributed by atoms with Crippen LogP contribution in [0, 0.1) is 6.92 Å². The molecule has 134 valence electrons. The molecule has 4 rings (SSSR count). The standard InChI is InChI=1S/C21H22N2O2S/c1-15-7-9-17(10-8-15)23-20(24)18(16-5-3-2-4-6-16)19(21(23)25)22-11-13-26-14-12-22/h2-10,18-19H,11-14H2,1H3/p+1/t18-,19-/m0/s1. The molecule has 4 nitrogen and oxygen atoms in total. The number of hydrogen-bond donors (Lipinski definition) is 1. The van der Waals surface area contributed by atoms with Crippen LogP contribution in [0.15, 0.2) is 54.6 Å². The summed E-state index contributed by atoms with van der Waals surface area (Å²) < 4.78 is 0. The van der Waals surface area contributed by atoms with Crippen LogP contribution in [0.25, 0.3) is 0 Å². The number of nitrogens with one attached hydrogen (secondary N) is 1. The third-order valence-electron chi connectivity index (χ3n) is 5.33. The lowest BCUT2D eigenvalue weighted by Crippen LogP contribution is -3.18. The fraction of sp³-hybridized carbons (Fsp3) is 0.333. The third-order valence-corrected chi connectivity index (χ3v) is 6.32. The molecule has 2 heterocycles. The molecule has 0 saturated carbocycles. The topological polar surface area (TPSA) is 41.8 Å². The number of carbonyl (C=O) groups excluding carboxylic acids is 2. The molecule has 1 N–H and O–H groups in total. The summed E-state index contributed by atoms with van der Waals surface area (Å²) in [5.74, 6) is 1.53. The van der Waals surface area contributed by atoms with E-state index in [1.807, 2.05) is 73.3 Å². The number of nitrogens with zero attached hydrogens (tertiary/aromatic N) is 1. The normalized spacial score (nSPS) is 24.3. The highest BCUT2D eigenvalue weighted by Crippen LogP contribution is 2.32. The first-order valence-electron chi connectivity index (χ1n) is 9.08. The van der Waals surface area contributed by atoms with Crippen LogP contribution in [0.1, 0.15) is 17.0 Å². The Morgan fingerprint density at radius 1 is 0.923 bits per heavy atom. The van der Waals surface area contributed by atoms with Crippen molar-refractivity contribution in [1.29, 1.82) is 0 Å². The van der Waals surface area contributed by atoms with Crippen molar-refractivity contribution in [3.05, 3.63) is 65.7 Å². The van der Waals surface area contributed by atoms with Crippen LogP contribution in [-0.4, -0.2) is 42.5 Å². The second-order valence-corrected chi connectivity index (χ2v) is 8.21. The smallest absolute Gasteiger partial charge is 0.293 e. The van der Waals surface area contributed by atoms with Gasteiger partial charge in [-0.05, 0) is 24.6 Å². The minimum Gasteiger partial charge on any atom is -0.322 e. The molecule has 2 aromatic rings. The molecular weight excluding hydrogens is 344 g/mol. The number of hydrogen-bond acceptors (Lipinski definition) is 3. The third kappa shape index (κ3) is 3.06. The second-order valence-electron chi connectivity index (χ2n) is 6.98. The predicted molar refractivity (Wildman–Crippen MR) is 105 cm³/mol. The van der Waals surface area contributed by atoms with Gasteiger partial charge in [-0.3, -0.25) is 9.59 Å². The van der Waals surface area contributed by atoms with Crippen LogP contribution in [0.5, 0.6) is 0 Å². The van der Waals surface area contributed by atoms with Crippen molar-refractivity contribution in [2.75, 3.05) is 29.5 Å². The summed E-state index contributed by atoms with van der Waals surface area (Å²) in [5.41, 5.74) is 2.73. The van der Waals surface area contributed by atoms with Crippen LogP contribution < -0.4 is 9.80 Å². The van der Waals surface area contributed by atoms with E-state index in [4.69, 9.17) is 0 Å². The van der Waals surface area contributed by atoms with Gasteiger partial charge in [0.1, 0.15) is 5.92 Å². The largest absolute Gasteiger partial charge is 0.322 e. The number of carbonyl (C=O) groups is 2. The predicted octanol–water partition coefficient (Wildman–Crippen LogP) is 1.65. The van der Waals surface area contributed by atoms with E-state index in [0.717, 1.165) is 35.7 Å². The average Bonchev–Trinajstić information content (AvgIpc) is 2.94. The molecule has 2 aromatic carbocycles. The Hall–Kier alpha value is -2.11. The average molecular weight is 367 g/mol. The van der Waals surface area contributed by atoms with E-state index < -0.39 is 5.92 Å². The summed E-state index contributed by atoms with van der Waals surface area (Å²) in [6.45, 7) is 3.86. The Bertz CT molecular complexity index is 801. The summed E-state index contributed by atoms with van der Waals surface area (Å²) in [7, 11) is 0. The molecule has 0 aliphatic carbocycles. The lowest BCUT2D eigenvalue weighted by Gasteiger charge is -2.30. The maximum atomic E-state index is 13.4. The molecule has 2 amide bonds. The van der Waals surface area contributed by atoms with Gasteiger partial charge < -0.3 is 4.90 Å². The first kappa shape index (κ1) is 17.3. The molecule has 5 heteroatoms. The first-order valence-corrected chi connectivity index (χ1v) is 10.2. The molecule has 0 spiro atoms. The van der Waals surface area contributed by atoms with Crippen molar-refractivity contribution in [1.82, 2.24) is 0 Å². The summed E-state index contributed by atoms with van der Waals surface area (Å²) in [6, 6.07) is 17.1. The molecule has 0 bridgehead atoms. The SMILES string of the molecule is Cc1ccc(N2C(=O)[C@@H]([NH+]3CCSCC3)[C@H](c3ccccc3)C2=O)cc1. The van der Waals surface area contributed by atoms with Crippen molar-refractivity contribution < 1.29 is 14.5 Å². The van der Waals surface area contributed by atoms with E-state index in [-0.39, 0.29) is 17.9 Å². The van der Waals surface area contributed by atoms with Gasteiger partial charge in [-0.2, -0.15) is 11.8 Å². The molecule has 0 radical (unpaired) electrons. The Labute approximate surface area is 158 Å². The number of aryl methyl sites for hydroxylation is 1. The zero-order valence-corrected chi connectivity index (χ0v) is 15.7. The number of benzene rings is 2. The lowest BCUT2D eigenvalue weighted by atomic mass is 9.92. The Morgan fingerprint density at radius 3 is 2.23 bits per heavy atom. The van der Waals surface area contributed by atoms with Gasteiger partial charge in [-0.25, -0.2) is 4.90 Å². The highest BCUT2D eigenvalue weighted by atomic mass is 32.2. The second kappa shape index (κ2) is 7.25. The van der Waals surface area contributed by atoms with Crippen LogP contribution >= 0.6 is 11.8 Å². The zero-order chi connectivity index (χ0) is 18.1. The van der Waals surface area contributed by atoms with Crippen molar-refractivity contribution >= 4 is 29.3 Å². The maximum absolute atomic E-state index is 13.4. The van der Waals surface area contributed by atoms with Gasteiger partial charge in [0.05, 0.1) is 18.8 Å². The molecule has 2 aliphatic rings. The molecule has 0 unspecified atom stereocenters. The molecule has 26 heavy (non-hydrogen) atoms. The number of thioether (sulfide) groups is 1. The van der Waals surface area contributed by atoms with Crippen molar-refractivity contribution in [3.63, 3.8) is 0 Å². The van der Waals surface area contributed by atoms with Gasteiger partial charge in [-0.1, -0.05) is 48.0 Å². The maximum Gasteiger partial charge on any atom is 0.293 e. The molecule has 2 fully saturated rings. The molecule has 2 saturated heterocycles. The van der Waals surface area contributed by atoms with Crippen LogP contribution in [0.3, 0.4) is 0 Å². The summed E-state index contributed by atoms with van der Waals surface area (Å²) in [5, 5.41) is 0. The van der Waals surface area contributed by atoms with Gasteiger partial charge >= 0.3 is 0 Å². The highest BCUT2D eigenvalue weighted by Gasteiger charge is 2.54. The Balaban J connectivity index is 1.75. The van der Waals surface area contributed by atoms with Gasteiger partial charge in [0.2, 0.25) is 5.91 Å². The van der Waals surface area contributed by atoms with Crippen molar-refractivity contribution in [2.45, 2.75) is 18.9 Å². The Morgan fingerprint density at radius 2 is 1.58 bits per heavy atom. The molecule has 2 aliphatic heterocycles. The van der Waals surface area contributed by atoms with E-state index in [1.165, 1.54) is 9.80 Å². The number of imide groups is 1. The lowest BCUT2D eigenvalue weighted by molar-refractivity contribution is -0.912. The molecule has 0 aromatic heterocycles. The van der Waals surface area contributed by atoms with E-state index >= 15 is 0 Å². The van der Waals surface area contributed by atoms with E-state index in [9.17, 15) is 9.59 Å². The number of rotatable bonds is 3. The quantitative estimate of drug-likeness (QED) is 0.839. The van der Waals surface area contributed by atoms with Crippen LogP contribution in [-0.2, 0) is 9.59 Å². The van der Waals surface area contributed by atoms with E-state index in [2.05, 4.69) is 0 Å². The summed E-state index contributed by atoms with van der Waals surface area (Å²) in [6.07, 6.45) is 0. The summed E-state index contributed by atoms with van der Waals surface area (Å²) in [4.78, 5) is 29.4. The zero-order valence-electron chi connectivity index (χ0n) is 14.9. The summed E-state index contributed by atoms with van der Waals surface area (Å²) >= 11 is 1.92. The fourth-order valence-electron chi connectivity index (χ4n) is 3.97. The van der Waals surface area contributed by atoms with Gasteiger partial charge in [0, 0.05) is 11.5 Å². The number of amides is 2. The Kier molecular flexibility index (Phi) is 4.83. The fourth-order valence-corrected chi connectivity index (χ4v) is 4.99. The van der Waals surface area contributed by atoms with Crippen molar-refractivity contribution in [3.8, 4) is 0 Å². The highest BCUT2D eigenvalue weighted by molar-refractivity contribution is 7.99. The van der Waals surface area contributed by atoms with Gasteiger partial charge in [0.15, 0.2) is 6.04 Å². The number of quaternary nitrogens is 1. The van der Waals surface area contributed by atoms with Crippen LogP contribution in [0.2, 0.25) is 0 Å². The van der Waals surface area contributed by atoms with Gasteiger partial charge in [0.25, 0.3) is 5.91 Å². The molecular formula is C21H23N2O2S+. The van der Waals surface area contributed by atoms with E-state index in [0.29, 0.717) is 5.69 Å². The molecule has 2 atom stereocenters. The van der Waals surface area contributed by atoms with Gasteiger partial charge in [-0.15, -0.1) is 0 Å². The minimum atomic E-state index is -0.400. The van der Waals surface area contributed by atoms with Crippen LogP contribution in [0.4, 0.5) is 5.69 Å². The minimum absolute atomic E-state index is 0.0605. The number of anilines is 1. The van der Waals surface area contributed by atoms with Crippen molar-refractivity contribution in [2.24, 2.45) is 0 Å². The first-order chi connectivity index (χ1) is 12.7. The monoisotopic (exact) mass is 367 g/mol. The van der Waals surface area contributed by atoms with E-state index in [1.54, 1.807) is 0 Å².